The second kappa shape index (κ2) is 10.1. The topological polar surface area (TPSA) is 72.9 Å². The van der Waals surface area contributed by atoms with Gasteiger partial charge >= 0.3 is 11.9 Å². The van der Waals surface area contributed by atoms with E-state index in [0.717, 1.165) is 11.1 Å². The van der Waals surface area contributed by atoms with Crippen LogP contribution in [0.4, 0.5) is 0 Å². The molecule has 0 N–H and O–H groups in total. The molecule has 1 amide bonds. The number of hydrogen-bond donors (Lipinski definition) is 0. The fourth-order valence-corrected chi connectivity index (χ4v) is 3.33. The molecule has 1 saturated heterocycles. The second-order valence-corrected chi connectivity index (χ2v) is 7.95. The molecule has 1 aliphatic rings. The van der Waals surface area contributed by atoms with E-state index in [-0.39, 0.29) is 18.0 Å². The average molecular weight is 434 g/mol. The highest BCUT2D eigenvalue weighted by molar-refractivity contribution is 5.95. The molecular formula is C26H27NO5. The maximum Gasteiger partial charge on any atom is 0.338 e. The summed E-state index contributed by atoms with van der Waals surface area (Å²) in [6.07, 6.45) is 1.05. The van der Waals surface area contributed by atoms with Crippen LogP contribution in [0.1, 0.15) is 37.0 Å². The molecule has 6 nitrogen and oxygen atoms in total. The van der Waals surface area contributed by atoms with Crippen molar-refractivity contribution in [2.75, 3.05) is 13.1 Å². The molecule has 6 heteroatoms. The van der Waals surface area contributed by atoms with E-state index in [1.54, 1.807) is 43.0 Å². The smallest absolute Gasteiger partial charge is 0.338 e. The summed E-state index contributed by atoms with van der Waals surface area (Å²) in [5, 5.41) is 0. The highest BCUT2D eigenvalue weighted by Crippen LogP contribution is 2.24. The first-order chi connectivity index (χ1) is 15.2. The zero-order valence-electron chi connectivity index (χ0n) is 18.4. The van der Waals surface area contributed by atoms with Crippen molar-refractivity contribution in [3.05, 3.63) is 78.4 Å². The fourth-order valence-electron chi connectivity index (χ4n) is 3.33. The average Bonchev–Trinajstić information content (AvgIpc) is 2.79. The molecule has 0 radical (unpaired) electrons. The summed E-state index contributed by atoms with van der Waals surface area (Å²) in [7, 11) is 0. The van der Waals surface area contributed by atoms with Crippen LogP contribution in [0.3, 0.4) is 0 Å². The summed E-state index contributed by atoms with van der Waals surface area (Å²) in [6.45, 7) is 11.5. The molecule has 0 bridgehead atoms. The first-order valence-corrected chi connectivity index (χ1v) is 10.5. The minimum absolute atomic E-state index is 0.0386. The van der Waals surface area contributed by atoms with Crippen LogP contribution in [-0.4, -0.2) is 41.9 Å². The number of amides is 1. The van der Waals surface area contributed by atoms with Crippen LogP contribution in [-0.2, 0) is 14.3 Å². The van der Waals surface area contributed by atoms with Crippen LogP contribution in [0.5, 0.6) is 5.75 Å². The van der Waals surface area contributed by atoms with Crippen molar-refractivity contribution in [1.29, 1.82) is 0 Å². The van der Waals surface area contributed by atoms with Gasteiger partial charge in [0.2, 0.25) is 0 Å². The number of benzene rings is 2. The number of piperidine rings is 1. The van der Waals surface area contributed by atoms with Crippen LogP contribution in [0.25, 0.3) is 11.1 Å². The number of hydrogen-bond acceptors (Lipinski definition) is 5. The lowest BCUT2D eigenvalue weighted by Crippen LogP contribution is -2.41. The van der Waals surface area contributed by atoms with Crippen LogP contribution < -0.4 is 4.74 Å². The van der Waals surface area contributed by atoms with E-state index in [1.807, 2.05) is 24.3 Å². The quantitative estimate of drug-likeness (QED) is 0.379. The monoisotopic (exact) mass is 433 g/mol. The number of esters is 2. The molecule has 32 heavy (non-hydrogen) atoms. The van der Waals surface area contributed by atoms with Crippen molar-refractivity contribution < 1.29 is 23.9 Å². The molecule has 0 aromatic heterocycles. The third kappa shape index (κ3) is 5.72. The molecule has 0 aliphatic carbocycles. The second-order valence-electron chi connectivity index (χ2n) is 7.95. The molecule has 1 aliphatic heterocycles. The van der Waals surface area contributed by atoms with Gasteiger partial charge in [0.25, 0.3) is 5.91 Å². The summed E-state index contributed by atoms with van der Waals surface area (Å²) in [6, 6.07) is 14.6. The Bertz CT molecular complexity index is 1030. The first kappa shape index (κ1) is 23.0. The molecule has 166 valence electrons. The molecular weight excluding hydrogens is 406 g/mol. The predicted octanol–water partition coefficient (Wildman–Crippen LogP) is 4.56. The van der Waals surface area contributed by atoms with Crippen molar-refractivity contribution in [2.24, 2.45) is 0 Å². The van der Waals surface area contributed by atoms with Gasteiger partial charge in [-0.05, 0) is 49.2 Å². The number of rotatable bonds is 6. The Kier molecular flexibility index (Phi) is 7.25. The van der Waals surface area contributed by atoms with Gasteiger partial charge in [-0.15, -0.1) is 0 Å². The molecule has 1 fully saturated rings. The number of carbonyl (C=O) groups excluding carboxylic acids is 3. The third-order valence-electron chi connectivity index (χ3n) is 5.23. The van der Waals surface area contributed by atoms with Crippen LogP contribution in [0, 0.1) is 0 Å². The Morgan fingerprint density at radius 2 is 1.31 bits per heavy atom. The largest absolute Gasteiger partial charge is 0.459 e. The van der Waals surface area contributed by atoms with Gasteiger partial charge in [0.05, 0.1) is 0 Å². The Balaban J connectivity index is 1.58. The summed E-state index contributed by atoms with van der Waals surface area (Å²) < 4.78 is 10.6. The zero-order valence-corrected chi connectivity index (χ0v) is 18.4. The van der Waals surface area contributed by atoms with Gasteiger partial charge in [-0.25, -0.2) is 9.59 Å². The van der Waals surface area contributed by atoms with Gasteiger partial charge in [0.15, 0.2) is 0 Å². The predicted molar refractivity (Wildman–Crippen MR) is 122 cm³/mol. The van der Waals surface area contributed by atoms with Gasteiger partial charge in [-0.2, -0.15) is 0 Å². The maximum atomic E-state index is 12.8. The molecule has 0 atom stereocenters. The number of ether oxygens (including phenoxy) is 2. The Hall–Kier alpha value is -3.67. The third-order valence-corrected chi connectivity index (χ3v) is 5.23. The fraction of sp³-hybridized carbons (Fsp3) is 0.269. The van der Waals surface area contributed by atoms with Gasteiger partial charge in [0, 0.05) is 42.6 Å². The molecule has 3 rings (SSSR count). The standard InChI is InChI=1S/C26H27NO5/c1-17(2)25(29)31-22-11-9-20(10-12-22)19-5-7-21(8-6-19)24(28)27-15-13-23(14-16-27)32-26(30)18(3)4/h5-12,23H,1,3,13-16H2,2,4H3. The van der Waals surface area contributed by atoms with E-state index in [9.17, 15) is 14.4 Å². The van der Waals surface area contributed by atoms with Gasteiger partial charge in [-0.3, -0.25) is 4.79 Å². The molecule has 2 aromatic rings. The lowest BCUT2D eigenvalue weighted by Gasteiger charge is -2.31. The highest BCUT2D eigenvalue weighted by Gasteiger charge is 2.26. The minimum Gasteiger partial charge on any atom is -0.459 e. The van der Waals surface area contributed by atoms with Gasteiger partial charge in [-0.1, -0.05) is 37.4 Å². The van der Waals surface area contributed by atoms with Gasteiger partial charge in [0.1, 0.15) is 11.9 Å². The Labute approximate surface area is 188 Å². The lowest BCUT2D eigenvalue weighted by atomic mass is 10.0. The lowest BCUT2D eigenvalue weighted by molar-refractivity contribution is -0.146. The van der Waals surface area contributed by atoms with E-state index in [0.29, 0.717) is 48.4 Å². The van der Waals surface area contributed by atoms with Crippen molar-refractivity contribution in [3.8, 4) is 16.9 Å². The molecule has 0 saturated carbocycles. The van der Waals surface area contributed by atoms with Crippen molar-refractivity contribution in [3.63, 3.8) is 0 Å². The normalized spacial score (nSPS) is 13.9. The van der Waals surface area contributed by atoms with E-state index in [1.165, 1.54) is 0 Å². The first-order valence-electron chi connectivity index (χ1n) is 10.5. The van der Waals surface area contributed by atoms with E-state index in [2.05, 4.69) is 13.2 Å². The van der Waals surface area contributed by atoms with Crippen molar-refractivity contribution >= 4 is 17.8 Å². The van der Waals surface area contributed by atoms with Crippen LogP contribution in [0.2, 0.25) is 0 Å². The molecule has 0 unspecified atom stereocenters. The molecule has 2 aromatic carbocycles. The van der Waals surface area contributed by atoms with Crippen molar-refractivity contribution in [2.45, 2.75) is 32.8 Å². The van der Waals surface area contributed by atoms with E-state index in [4.69, 9.17) is 9.47 Å². The number of likely N-dealkylation sites (tertiary alicyclic amines) is 1. The van der Waals surface area contributed by atoms with Crippen molar-refractivity contribution in [1.82, 2.24) is 4.90 Å². The van der Waals surface area contributed by atoms with E-state index < -0.39 is 5.97 Å². The van der Waals surface area contributed by atoms with Crippen LogP contribution >= 0.6 is 0 Å². The highest BCUT2D eigenvalue weighted by atomic mass is 16.5. The van der Waals surface area contributed by atoms with E-state index >= 15 is 0 Å². The summed E-state index contributed by atoms with van der Waals surface area (Å²) in [5.41, 5.74) is 3.22. The summed E-state index contributed by atoms with van der Waals surface area (Å²) in [5.74, 6) is -0.430. The summed E-state index contributed by atoms with van der Waals surface area (Å²) in [4.78, 5) is 37.9. The number of carbonyl (C=O) groups is 3. The Morgan fingerprint density at radius 3 is 1.81 bits per heavy atom. The number of nitrogens with zero attached hydrogens (tertiary/aromatic N) is 1. The van der Waals surface area contributed by atoms with Crippen LogP contribution in [0.15, 0.2) is 72.8 Å². The molecule has 1 heterocycles. The van der Waals surface area contributed by atoms with Gasteiger partial charge < -0.3 is 14.4 Å². The Morgan fingerprint density at radius 1 is 0.812 bits per heavy atom. The summed E-state index contributed by atoms with van der Waals surface area (Å²) >= 11 is 0. The maximum absolute atomic E-state index is 12.8. The molecule has 0 spiro atoms. The zero-order chi connectivity index (χ0) is 23.3. The minimum atomic E-state index is -0.460. The SMILES string of the molecule is C=C(C)C(=O)Oc1ccc(-c2ccc(C(=O)N3CCC(OC(=O)C(=C)C)CC3)cc2)cc1.